The molecule has 0 spiro atoms. The summed E-state index contributed by atoms with van der Waals surface area (Å²) in [5.41, 5.74) is 2.09. The number of anilines is 2. The smallest absolute Gasteiger partial charge is 0.253 e. The molecule has 94 heavy (non-hydrogen) atoms. The van der Waals surface area contributed by atoms with Gasteiger partial charge in [0, 0.05) is 45.4 Å². The van der Waals surface area contributed by atoms with E-state index in [2.05, 4.69) is 0 Å². The zero-order valence-corrected chi connectivity index (χ0v) is 57.8. The zero-order chi connectivity index (χ0) is 68.2. The average molecular weight is 1450 g/mol. The Balaban J connectivity index is 0.000000221. The van der Waals surface area contributed by atoms with E-state index in [-0.39, 0.29) is 37.3 Å². The minimum Gasteiger partial charge on any atom is -0.357 e. The van der Waals surface area contributed by atoms with Crippen molar-refractivity contribution in [2.45, 2.75) is 124 Å². The lowest BCUT2D eigenvalue weighted by molar-refractivity contribution is -0.180. The Kier molecular flexibility index (Phi) is 23.2. The van der Waals surface area contributed by atoms with Crippen LogP contribution in [0.4, 0.5) is 20.2 Å². The minimum atomic E-state index is -4.01. The first-order valence-electron chi connectivity index (χ1n) is 30.3. The molecule has 28 heteroatoms. The van der Waals surface area contributed by atoms with Crippen LogP contribution in [0.2, 0.25) is 20.1 Å². The van der Waals surface area contributed by atoms with Gasteiger partial charge in [-0.3, -0.25) is 27.8 Å². The van der Waals surface area contributed by atoms with E-state index in [4.69, 9.17) is 55.9 Å². The van der Waals surface area contributed by atoms with Crippen LogP contribution in [-0.2, 0) is 68.4 Å². The molecule has 0 radical (unpaired) electrons. The van der Waals surface area contributed by atoms with Crippen molar-refractivity contribution in [3.05, 3.63) is 200 Å². The van der Waals surface area contributed by atoms with Gasteiger partial charge in [-0.25, -0.2) is 42.5 Å². The number of carbonyl (C=O) groups excluding carboxylic acids is 4. The summed E-state index contributed by atoms with van der Waals surface area (Å²) < 4.78 is 148. The number of carbonyl (C=O) groups is 4. The Morgan fingerprint density at radius 3 is 1.13 bits per heavy atom. The molecule has 6 aromatic carbocycles. The van der Waals surface area contributed by atoms with Gasteiger partial charge in [0.15, 0.2) is 31.2 Å². The van der Waals surface area contributed by atoms with Gasteiger partial charge in [0.1, 0.15) is 47.6 Å². The Morgan fingerprint density at radius 1 is 0.489 bits per heavy atom. The number of sulfone groups is 2. The van der Waals surface area contributed by atoms with Crippen LogP contribution in [0.25, 0.3) is 0 Å². The largest absolute Gasteiger partial charge is 0.357 e. The molecule has 0 aromatic heterocycles. The topological polar surface area (TPSA) is 236 Å². The fraction of sp³-hybridized carbons (Fsp3) is 0.394. The van der Waals surface area contributed by atoms with Gasteiger partial charge < -0.3 is 19.3 Å². The van der Waals surface area contributed by atoms with Gasteiger partial charge in [0.2, 0.25) is 20.0 Å². The SMILES string of the molecule is CC[C@@H](CN(c1ccccc1F)S(=O)(=O)C1CC1)N1C(=O)[C@@H](CC(=O)CS(C)(=O)=O)O[C@H](c2cccc(Cl)c2)[C@H]1c1ccc(Cl)cc1.CC[C@@H](CN(c1ccccc1F)S(=O)(=O)C1CC1)N1C(=O)[C@H](CC(=O)CS(C)(=O)=O)O[C@H](c2cccc(Cl)c2)[C@H]1c1ccc(Cl)cc1. The van der Waals surface area contributed by atoms with E-state index >= 15 is 8.78 Å². The summed E-state index contributed by atoms with van der Waals surface area (Å²) in [6.07, 6.45) is -1.58. The number of morpholine rings is 2. The Bertz CT molecular complexity index is 3980. The number of amides is 2. The molecule has 0 unspecified atom stereocenters. The molecule has 10 rings (SSSR count). The van der Waals surface area contributed by atoms with Gasteiger partial charge >= 0.3 is 0 Å². The molecule has 2 amide bonds. The molecule has 4 fully saturated rings. The quantitative estimate of drug-likeness (QED) is 0.0491. The first-order valence-corrected chi connectivity index (χ1v) is 38.9. The number of halogens is 6. The number of ketones is 2. The summed E-state index contributed by atoms with van der Waals surface area (Å²) in [6, 6.07) is 34.9. The van der Waals surface area contributed by atoms with Crippen molar-refractivity contribution in [2.75, 3.05) is 45.7 Å². The first-order chi connectivity index (χ1) is 44.4. The lowest BCUT2D eigenvalue weighted by Crippen LogP contribution is -2.58. The van der Waals surface area contributed by atoms with Crippen LogP contribution in [-0.4, -0.2) is 139 Å². The number of para-hydroxylation sites is 2. The maximum atomic E-state index is 15.3. The second-order valence-corrected chi connectivity index (χ2v) is 34.2. The standard InChI is InChI=1S/2C33H35Cl2FN2O7S2/c2*1-3-25(19-37(47(43,44)27-15-16-27)29-10-5-4-9-28(29)36)38-31(21-11-13-23(34)14-12-21)32(22-7-6-8-24(35)17-22)45-30(33(38)40)18-26(39)20-46(2,41)42/h2*4-14,17,25,27,30-32H,3,15-16,18-20H2,1-2H3/t25-,30+,31+,32+;25-,30-,31+,32+/m00/s1. The minimum absolute atomic E-state index is 0.132. The van der Waals surface area contributed by atoms with Crippen molar-refractivity contribution < 1.29 is 71.1 Å². The van der Waals surface area contributed by atoms with Crippen LogP contribution in [0.3, 0.4) is 0 Å². The maximum absolute atomic E-state index is 15.3. The predicted octanol–water partition coefficient (Wildman–Crippen LogP) is 11.8. The molecule has 504 valence electrons. The van der Waals surface area contributed by atoms with E-state index in [1.54, 1.807) is 123 Å². The molecule has 2 saturated heterocycles. The molecule has 2 heterocycles. The van der Waals surface area contributed by atoms with Crippen LogP contribution in [0.1, 0.15) is 112 Å². The summed E-state index contributed by atoms with van der Waals surface area (Å²) >= 11 is 25.2. The zero-order valence-electron chi connectivity index (χ0n) is 51.5. The van der Waals surface area contributed by atoms with Crippen molar-refractivity contribution in [3.63, 3.8) is 0 Å². The highest BCUT2D eigenvalue weighted by molar-refractivity contribution is 7.94. The highest BCUT2D eigenvalue weighted by Gasteiger charge is 2.52. The number of hydrogen-bond donors (Lipinski definition) is 0. The average Bonchev–Trinajstić information content (AvgIpc) is 1.50. The van der Waals surface area contributed by atoms with Crippen molar-refractivity contribution in [1.82, 2.24) is 9.80 Å². The van der Waals surface area contributed by atoms with E-state index < -0.39 is 158 Å². The fourth-order valence-electron chi connectivity index (χ4n) is 11.9. The van der Waals surface area contributed by atoms with Gasteiger partial charge in [-0.2, -0.15) is 0 Å². The first kappa shape index (κ1) is 72.2. The summed E-state index contributed by atoms with van der Waals surface area (Å²) in [7, 11) is -15.4. The Hall–Kier alpha value is -6.06. The van der Waals surface area contributed by atoms with Crippen LogP contribution >= 0.6 is 46.4 Å². The highest BCUT2D eigenvalue weighted by Crippen LogP contribution is 2.48. The number of hydrogen-bond acceptors (Lipinski definition) is 14. The molecule has 2 aliphatic carbocycles. The highest BCUT2D eigenvalue weighted by atomic mass is 35.5. The van der Waals surface area contributed by atoms with E-state index in [1.165, 1.54) is 46.2 Å². The number of ether oxygens (including phenoxy) is 2. The molecule has 0 N–H and O–H groups in total. The lowest BCUT2D eigenvalue weighted by Gasteiger charge is -2.49. The molecule has 6 aromatic rings. The molecule has 2 saturated carbocycles. The summed E-state index contributed by atoms with van der Waals surface area (Å²) in [4.78, 5) is 57.9. The molecule has 2 aliphatic heterocycles. The number of sulfonamides is 2. The van der Waals surface area contributed by atoms with E-state index in [0.717, 1.165) is 21.1 Å². The monoisotopic (exact) mass is 1450 g/mol. The lowest BCUT2D eigenvalue weighted by atomic mass is 9.89. The van der Waals surface area contributed by atoms with Crippen LogP contribution in [0, 0.1) is 11.6 Å². The van der Waals surface area contributed by atoms with Crippen molar-refractivity contribution >= 4 is 121 Å². The van der Waals surface area contributed by atoms with E-state index in [1.807, 2.05) is 0 Å². The van der Waals surface area contributed by atoms with Gasteiger partial charge in [0.05, 0.1) is 59.1 Å². The van der Waals surface area contributed by atoms with Crippen LogP contribution in [0.15, 0.2) is 146 Å². The number of rotatable bonds is 26. The molecule has 0 bridgehead atoms. The predicted molar refractivity (Wildman–Crippen MR) is 358 cm³/mol. The van der Waals surface area contributed by atoms with Gasteiger partial charge in [-0.05, 0) is 134 Å². The van der Waals surface area contributed by atoms with Crippen LogP contribution < -0.4 is 8.61 Å². The molecule has 4 aliphatic rings. The van der Waals surface area contributed by atoms with Gasteiger partial charge in [-0.15, -0.1) is 0 Å². The third kappa shape index (κ3) is 17.6. The molecular formula is C66H70Cl4F2N4O14S4. The summed E-state index contributed by atoms with van der Waals surface area (Å²) in [5, 5.41) is 0.325. The number of Topliss-reactive ketones (excluding diaryl/α,β-unsaturated/α-hetero) is 2. The fourth-order valence-corrected chi connectivity index (χ4v) is 17.7. The van der Waals surface area contributed by atoms with Gasteiger partial charge in [0.25, 0.3) is 11.8 Å². The van der Waals surface area contributed by atoms with E-state index in [9.17, 15) is 52.8 Å². The summed E-state index contributed by atoms with van der Waals surface area (Å²) in [5.74, 6) is -5.69. The summed E-state index contributed by atoms with van der Waals surface area (Å²) in [6.45, 7) is 3.01. The van der Waals surface area contributed by atoms with E-state index in [0.29, 0.717) is 68.0 Å². The number of benzene rings is 6. The van der Waals surface area contributed by atoms with Crippen molar-refractivity contribution in [1.29, 1.82) is 0 Å². The second-order valence-electron chi connectivity index (χ2n) is 23.9. The van der Waals surface area contributed by atoms with Crippen molar-refractivity contribution in [2.24, 2.45) is 0 Å². The third-order valence-electron chi connectivity index (χ3n) is 16.5. The Labute approximate surface area is 567 Å². The number of nitrogens with zero attached hydrogens (tertiary/aromatic N) is 4. The van der Waals surface area contributed by atoms with Gasteiger partial charge in [-0.1, -0.05) is 133 Å². The van der Waals surface area contributed by atoms with Crippen LogP contribution in [0.5, 0.6) is 0 Å². The second kappa shape index (κ2) is 30.1. The molecule has 8 atom stereocenters. The van der Waals surface area contributed by atoms with Crippen molar-refractivity contribution in [3.8, 4) is 0 Å². The normalized spacial score (nSPS) is 21.0. The Morgan fingerprint density at radius 2 is 0.830 bits per heavy atom. The molecular weight excluding hydrogens is 1380 g/mol. The maximum Gasteiger partial charge on any atom is 0.253 e. The molecule has 18 nitrogen and oxygen atoms in total. The third-order valence-corrected chi connectivity index (χ3v) is 23.7.